The molecule has 0 amide bonds. The Bertz CT molecular complexity index is 397. The first-order valence-corrected chi connectivity index (χ1v) is 8.91. The summed E-state index contributed by atoms with van der Waals surface area (Å²) in [4.78, 5) is 0. The van der Waals surface area contributed by atoms with Crippen molar-refractivity contribution in [1.29, 1.82) is 0 Å². The lowest BCUT2D eigenvalue weighted by Gasteiger charge is -2.29. The quantitative estimate of drug-likeness (QED) is 0.786. The monoisotopic (exact) mass is 272 g/mol. The van der Waals surface area contributed by atoms with Crippen molar-refractivity contribution in [2.75, 3.05) is 5.75 Å². The molecule has 0 aromatic rings. The second kappa shape index (κ2) is 6.20. The highest BCUT2D eigenvalue weighted by molar-refractivity contribution is 7.92. The van der Waals surface area contributed by atoms with E-state index in [1.807, 2.05) is 0 Å². The SMILES string of the molecule is O=S1(=O)CCCCC1C(O)C1=CCCCCCC1. The molecule has 0 saturated carbocycles. The highest BCUT2D eigenvalue weighted by Crippen LogP contribution is 2.29. The molecule has 104 valence electrons. The molecule has 2 atom stereocenters. The molecule has 1 heterocycles. The summed E-state index contributed by atoms with van der Waals surface area (Å²) >= 11 is 0. The molecule has 18 heavy (non-hydrogen) atoms. The number of rotatable bonds is 2. The fourth-order valence-electron chi connectivity index (χ4n) is 3.06. The van der Waals surface area contributed by atoms with Gasteiger partial charge in [0.15, 0.2) is 9.84 Å². The van der Waals surface area contributed by atoms with Crippen molar-refractivity contribution >= 4 is 9.84 Å². The van der Waals surface area contributed by atoms with Gasteiger partial charge >= 0.3 is 0 Å². The second-order valence-electron chi connectivity index (χ2n) is 5.58. The lowest BCUT2D eigenvalue weighted by molar-refractivity contribution is 0.190. The molecule has 4 heteroatoms. The smallest absolute Gasteiger partial charge is 0.156 e. The standard InChI is InChI=1S/C14H24O3S/c15-14(12-8-4-2-1-3-5-9-12)13-10-6-7-11-18(13,16)17/h8,13-15H,1-7,9-11H2. The predicted octanol–water partition coefficient (Wildman–Crippen LogP) is 2.60. The Morgan fingerprint density at radius 3 is 2.67 bits per heavy atom. The van der Waals surface area contributed by atoms with Crippen LogP contribution < -0.4 is 0 Å². The van der Waals surface area contributed by atoms with Crippen LogP contribution in [0.3, 0.4) is 0 Å². The zero-order valence-electron chi connectivity index (χ0n) is 11.0. The maximum absolute atomic E-state index is 12.0. The Hall–Kier alpha value is -0.350. The first-order valence-electron chi connectivity index (χ1n) is 7.20. The number of hydrogen-bond donors (Lipinski definition) is 1. The topological polar surface area (TPSA) is 54.4 Å². The third-order valence-corrected chi connectivity index (χ3v) is 6.46. The summed E-state index contributed by atoms with van der Waals surface area (Å²) < 4.78 is 24.1. The number of aliphatic hydroxyl groups excluding tert-OH is 1. The molecular formula is C14H24O3S. The minimum absolute atomic E-state index is 0.252. The Balaban J connectivity index is 2.11. The van der Waals surface area contributed by atoms with Crippen molar-refractivity contribution in [2.24, 2.45) is 0 Å². The summed E-state index contributed by atoms with van der Waals surface area (Å²) in [6, 6.07) is 0. The first-order chi connectivity index (χ1) is 8.61. The predicted molar refractivity (Wildman–Crippen MR) is 73.2 cm³/mol. The van der Waals surface area contributed by atoms with Crippen LogP contribution in [0.15, 0.2) is 11.6 Å². The van der Waals surface area contributed by atoms with Crippen LogP contribution in [0.2, 0.25) is 0 Å². The summed E-state index contributed by atoms with van der Waals surface area (Å²) in [5, 5.41) is 9.86. The van der Waals surface area contributed by atoms with Crippen LogP contribution >= 0.6 is 0 Å². The molecule has 0 aromatic heterocycles. The van der Waals surface area contributed by atoms with Gasteiger partial charge in [0.1, 0.15) is 0 Å². The first kappa shape index (κ1) is 14.1. The molecule has 3 nitrogen and oxygen atoms in total. The van der Waals surface area contributed by atoms with Crippen LogP contribution in [-0.2, 0) is 9.84 Å². The largest absolute Gasteiger partial charge is 0.387 e. The maximum atomic E-state index is 12.0. The van der Waals surface area contributed by atoms with E-state index in [0.29, 0.717) is 6.42 Å². The molecule has 2 rings (SSSR count). The van der Waals surface area contributed by atoms with Gasteiger partial charge in [-0.1, -0.05) is 25.3 Å². The molecule has 1 aliphatic carbocycles. The van der Waals surface area contributed by atoms with Crippen molar-refractivity contribution in [3.05, 3.63) is 11.6 Å². The third-order valence-electron chi connectivity index (χ3n) is 4.19. The lowest BCUT2D eigenvalue weighted by Crippen LogP contribution is -2.39. The van der Waals surface area contributed by atoms with Crippen LogP contribution in [-0.4, -0.2) is 30.6 Å². The van der Waals surface area contributed by atoms with Gasteiger partial charge < -0.3 is 5.11 Å². The molecule has 0 radical (unpaired) electrons. The Kier molecular flexibility index (Phi) is 4.84. The van der Waals surface area contributed by atoms with Crippen molar-refractivity contribution in [2.45, 2.75) is 69.1 Å². The van der Waals surface area contributed by atoms with Gasteiger partial charge in [-0.25, -0.2) is 8.42 Å². The minimum atomic E-state index is -3.08. The fourth-order valence-corrected chi connectivity index (χ4v) is 5.06. The van der Waals surface area contributed by atoms with Crippen molar-refractivity contribution in [1.82, 2.24) is 0 Å². The normalized spacial score (nSPS) is 30.9. The van der Waals surface area contributed by atoms with Crippen LogP contribution in [0.25, 0.3) is 0 Å². The molecule has 0 spiro atoms. The highest BCUT2D eigenvalue weighted by atomic mass is 32.2. The summed E-state index contributed by atoms with van der Waals surface area (Å²) in [6.45, 7) is 0. The third kappa shape index (κ3) is 3.35. The zero-order chi connectivity index (χ0) is 13.0. The van der Waals surface area contributed by atoms with Gasteiger partial charge in [0.05, 0.1) is 17.1 Å². The Labute approximate surface area is 110 Å². The number of allylic oxidation sites excluding steroid dienone is 1. The minimum Gasteiger partial charge on any atom is -0.387 e. The van der Waals surface area contributed by atoms with E-state index in [9.17, 15) is 13.5 Å². The second-order valence-corrected chi connectivity index (χ2v) is 7.92. The van der Waals surface area contributed by atoms with Crippen LogP contribution in [0.5, 0.6) is 0 Å². The van der Waals surface area contributed by atoms with E-state index in [2.05, 4.69) is 6.08 Å². The molecule has 1 fully saturated rings. The molecule has 0 aromatic carbocycles. The average Bonchev–Trinajstić information content (AvgIpc) is 2.27. The lowest BCUT2D eigenvalue weighted by atomic mass is 9.93. The van der Waals surface area contributed by atoms with Crippen molar-refractivity contribution < 1.29 is 13.5 Å². The summed E-state index contributed by atoms with van der Waals surface area (Å²) in [5.74, 6) is 0.252. The van der Waals surface area contributed by atoms with E-state index in [1.54, 1.807) is 0 Å². The van der Waals surface area contributed by atoms with E-state index in [0.717, 1.165) is 44.1 Å². The van der Waals surface area contributed by atoms with Gasteiger partial charge in [0, 0.05) is 0 Å². The summed E-state index contributed by atoms with van der Waals surface area (Å²) in [7, 11) is -3.08. The Morgan fingerprint density at radius 1 is 1.11 bits per heavy atom. The molecular weight excluding hydrogens is 248 g/mol. The summed E-state index contributed by atoms with van der Waals surface area (Å²) in [5.41, 5.74) is 0.977. The van der Waals surface area contributed by atoms with Gasteiger partial charge in [0.25, 0.3) is 0 Å². The number of aliphatic hydroxyl groups is 1. The summed E-state index contributed by atoms with van der Waals surface area (Å²) in [6.07, 6.45) is 10.2. The maximum Gasteiger partial charge on any atom is 0.156 e. The van der Waals surface area contributed by atoms with Crippen LogP contribution in [0.1, 0.15) is 57.8 Å². The Morgan fingerprint density at radius 2 is 1.89 bits per heavy atom. The molecule has 2 unspecified atom stereocenters. The van der Waals surface area contributed by atoms with Gasteiger partial charge in [-0.3, -0.25) is 0 Å². The molecule has 1 saturated heterocycles. The van der Waals surface area contributed by atoms with Gasteiger partial charge in [-0.05, 0) is 44.1 Å². The van der Waals surface area contributed by atoms with E-state index in [1.165, 1.54) is 12.8 Å². The van der Waals surface area contributed by atoms with Crippen molar-refractivity contribution in [3.8, 4) is 0 Å². The van der Waals surface area contributed by atoms with Gasteiger partial charge in [-0.15, -0.1) is 0 Å². The van der Waals surface area contributed by atoms with E-state index in [-0.39, 0.29) is 5.75 Å². The molecule has 1 aliphatic heterocycles. The molecule has 1 N–H and O–H groups in total. The van der Waals surface area contributed by atoms with Crippen LogP contribution in [0.4, 0.5) is 0 Å². The van der Waals surface area contributed by atoms with Gasteiger partial charge in [0.2, 0.25) is 0 Å². The van der Waals surface area contributed by atoms with E-state index < -0.39 is 21.2 Å². The van der Waals surface area contributed by atoms with Gasteiger partial charge in [-0.2, -0.15) is 0 Å². The van der Waals surface area contributed by atoms with E-state index in [4.69, 9.17) is 0 Å². The van der Waals surface area contributed by atoms with Crippen molar-refractivity contribution in [3.63, 3.8) is 0 Å². The van der Waals surface area contributed by atoms with Crippen LogP contribution in [0, 0.1) is 0 Å². The fraction of sp³-hybridized carbons (Fsp3) is 0.857. The number of sulfone groups is 1. The zero-order valence-corrected chi connectivity index (χ0v) is 11.8. The highest BCUT2D eigenvalue weighted by Gasteiger charge is 2.36. The number of hydrogen-bond acceptors (Lipinski definition) is 3. The van der Waals surface area contributed by atoms with E-state index >= 15 is 0 Å². The molecule has 0 bridgehead atoms. The average molecular weight is 272 g/mol. The molecule has 2 aliphatic rings.